The van der Waals surface area contributed by atoms with Crippen molar-refractivity contribution in [3.8, 4) is 0 Å². The summed E-state index contributed by atoms with van der Waals surface area (Å²) < 4.78 is 10.4. The summed E-state index contributed by atoms with van der Waals surface area (Å²) in [6.07, 6.45) is 5.17. The molecule has 8 heteroatoms. The van der Waals surface area contributed by atoms with Crippen LogP contribution >= 0.6 is 11.6 Å². The zero-order valence-electron chi connectivity index (χ0n) is 15.7. The second kappa shape index (κ2) is 7.91. The van der Waals surface area contributed by atoms with E-state index in [1.807, 2.05) is 0 Å². The number of aromatic nitrogens is 2. The van der Waals surface area contributed by atoms with E-state index in [4.69, 9.17) is 20.9 Å². The van der Waals surface area contributed by atoms with E-state index in [1.54, 1.807) is 30.2 Å². The number of hydrogen-bond donors (Lipinski definition) is 0. The molecule has 1 saturated carbocycles. The molecule has 0 radical (unpaired) electrons. The molecule has 3 heterocycles. The van der Waals surface area contributed by atoms with Crippen LogP contribution in [0.2, 0.25) is 5.02 Å². The van der Waals surface area contributed by atoms with Gasteiger partial charge in [0.25, 0.3) is 5.91 Å². The molecular formula is C20H22ClN3O4. The molecule has 1 saturated heterocycles. The minimum Gasteiger partial charge on any atom is -0.462 e. The Morgan fingerprint density at radius 2 is 1.96 bits per heavy atom. The number of pyridine rings is 1. The molecule has 0 aromatic carbocycles. The lowest BCUT2D eigenvalue weighted by atomic mass is 9.90. The van der Waals surface area contributed by atoms with Crippen molar-refractivity contribution in [3.05, 3.63) is 46.1 Å². The van der Waals surface area contributed by atoms with Crippen molar-refractivity contribution in [3.63, 3.8) is 0 Å². The third-order valence-electron chi connectivity index (χ3n) is 5.28. The molecule has 2 fully saturated rings. The molecule has 1 aliphatic carbocycles. The third-order valence-corrected chi connectivity index (χ3v) is 5.48. The van der Waals surface area contributed by atoms with Crippen LogP contribution in [0.15, 0.2) is 22.9 Å². The predicted molar refractivity (Wildman–Crippen MR) is 102 cm³/mol. The van der Waals surface area contributed by atoms with Crippen LogP contribution in [0.3, 0.4) is 0 Å². The van der Waals surface area contributed by atoms with E-state index < -0.39 is 5.97 Å². The van der Waals surface area contributed by atoms with Gasteiger partial charge in [-0.3, -0.25) is 9.78 Å². The molecule has 2 aromatic rings. The summed E-state index contributed by atoms with van der Waals surface area (Å²) in [4.78, 5) is 31.2. The van der Waals surface area contributed by atoms with Crippen molar-refractivity contribution >= 4 is 23.5 Å². The van der Waals surface area contributed by atoms with Crippen molar-refractivity contribution in [1.29, 1.82) is 0 Å². The number of nitrogens with zero attached hydrogens (tertiary/aromatic N) is 3. The van der Waals surface area contributed by atoms with Crippen molar-refractivity contribution in [2.75, 3.05) is 19.7 Å². The average Bonchev–Trinajstić information content (AvgIpc) is 3.44. The molecule has 0 N–H and O–H groups in total. The van der Waals surface area contributed by atoms with Crippen molar-refractivity contribution < 1.29 is 18.8 Å². The van der Waals surface area contributed by atoms with Crippen LogP contribution < -0.4 is 0 Å². The van der Waals surface area contributed by atoms with Gasteiger partial charge in [-0.25, -0.2) is 4.79 Å². The summed E-state index contributed by atoms with van der Waals surface area (Å²) in [5.74, 6) is 0.782. The summed E-state index contributed by atoms with van der Waals surface area (Å²) in [6, 6.07) is 3.37. The molecule has 1 amide bonds. The van der Waals surface area contributed by atoms with Crippen molar-refractivity contribution in [2.24, 2.45) is 0 Å². The van der Waals surface area contributed by atoms with Gasteiger partial charge in [-0.1, -0.05) is 16.8 Å². The van der Waals surface area contributed by atoms with Crippen molar-refractivity contribution in [2.45, 2.75) is 44.4 Å². The molecule has 2 aromatic heterocycles. The number of esters is 1. The Labute approximate surface area is 168 Å². The van der Waals surface area contributed by atoms with E-state index >= 15 is 0 Å². The van der Waals surface area contributed by atoms with E-state index in [9.17, 15) is 9.59 Å². The quantitative estimate of drug-likeness (QED) is 0.706. The van der Waals surface area contributed by atoms with E-state index in [-0.39, 0.29) is 18.4 Å². The lowest BCUT2D eigenvalue weighted by molar-refractivity contribution is 0.0520. The highest BCUT2D eigenvalue weighted by Crippen LogP contribution is 2.40. The van der Waals surface area contributed by atoms with Gasteiger partial charge >= 0.3 is 5.97 Å². The van der Waals surface area contributed by atoms with Gasteiger partial charge in [-0.2, -0.15) is 0 Å². The van der Waals surface area contributed by atoms with Gasteiger partial charge in [0.15, 0.2) is 5.69 Å². The Hall–Kier alpha value is -2.41. The molecule has 28 heavy (non-hydrogen) atoms. The number of amides is 1. The zero-order valence-corrected chi connectivity index (χ0v) is 16.4. The highest BCUT2D eigenvalue weighted by atomic mass is 35.5. The molecule has 148 valence electrons. The molecule has 4 rings (SSSR count). The van der Waals surface area contributed by atoms with Crippen LogP contribution in [0.1, 0.15) is 76.7 Å². The van der Waals surface area contributed by atoms with Crippen LogP contribution in [-0.2, 0) is 4.74 Å². The fraction of sp³-hybridized carbons (Fsp3) is 0.500. The SMILES string of the molecule is CCOC(=O)c1cc(Cl)cnc1C1CCN(C(=O)c2cc(C3CC3)on2)CC1. The largest absolute Gasteiger partial charge is 0.462 e. The molecule has 0 unspecified atom stereocenters. The Balaban J connectivity index is 1.43. The summed E-state index contributed by atoms with van der Waals surface area (Å²) in [7, 11) is 0. The van der Waals surface area contributed by atoms with Gasteiger partial charge in [0.1, 0.15) is 5.76 Å². The van der Waals surface area contributed by atoms with Gasteiger partial charge in [0, 0.05) is 37.2 Å². The van der Waals surface area contributed by atoms with Gasteiger partial charge in [0.05, 0.1) is 22.9 Å². The number of likely N-dealkylation sites (tertiary alicyclic amines) is 1. The molecule has 7 nitrogen and oxygen atoms in total. The monoisotopic (exact) mass is 403 g/mol. The normalized spacial score (nSPS) is 17.6. The number of hydrogen-bond acceptors (Lipinski definition) is 6. The maximum atomic E-state index is 12.7. The lowest BCUT2D eigenvalue weighted by Crippen LogP contribution is -2.38. The highest BCUT2D eigenvalue weighted by Gasteiger charge is 2.32. The van der Waals surface area contributed by atoms with E-state index in [2.05, 4.69) is 10.1 Å². The average molecular weight is 404 g/mol. The van der Waals surface area contributed by atoms with E-state index in [0.29, 0.717) is 53.8 Å². The molecule has 0 bridgehead atoms. The summed E-state index contributed by atoms with van der Waals surface area (Å²) in [6.45, 7) is 3.19. The highest BCUT2D eigenvalue weighted by molar-refractivity contribution is 6.30. The summed E-state index contributed by atoms with van der Waals surface area (Å²) >= 11 is 6.02. The first-order valence-corrected chi connectivity index (χ1v) is 10.0. The number of carbonyl (C=O) groups is 2. The van der Waals surface area contributed by atoms with Gasteiger partial charge < -0.3 is 14.2 Å². The molecule has 0 spiro atoms. The predicted octanol–water partition coefficient (Wildman–Crippen LogP) is 3.80. The maximum Gasteiger partial charge on any atom is 0.340 e. The maximum absolute atomic E-state index is 12.7. The number of piperidine rings is 1. The number of carbonyl (C=O) groups excluding carboxylic acids is 2. The number of ether oxygens (including phenoxy) is 1. The van der Waals surface area contributed by atoms with Crippen LogP contribution in [0, 0.1) is 0 Å². The Morgan fingerprint density at radius 1 is 1.21 bits per heavy atom. The van der Waals surface area contributed by atoms with Crippen LogP contribution in [0.5, 0.6) is 0 Å². The zero-order chi connectivity index (χ0) is 19.7. The van der Waals surface area contributed by atoms with E-state index in [0.717, 1.165) is 18.6 Å². The van der Waals surface area contributed by atoms with Crippen molar-refractivity contribution in [1.82, 2.24) is 15.0 Å². The first kappa shape index (κ1) is 18.9. The van der Waals surface area contributed by atoms with Crippen LogP contribution in [0.25, 0.3) is 0 Å². The Kier molecular flexibility index (Phi) is 5.35. The Bertz CT molecular complexity index is 885. The fourth-order valence-electron chi connectivity index (χ4n) is 3.62. The molecular weight excluding hydrogens is 382 g/mol. The smallest absolute Gasteiger partial charge is 0.340 e. The Morgan fingerprint density at radius 3 is 2.64 bits per heavy atom. The second-order valence-electron chi connectivity index (χ2n) is 7.26. The van der Waals surface area contributed by atoms with Gasteiger partial charge in [-0.05, 0) is 38.7 Å². The van der Waals surface area contributed by atoms with E-state index in [1.165, 1.54) is 0 Å². The first-order valence-electron chi connectivity index (χ1n) is 9.65. The lowest BCUT2D eigenvalue weighted by Gasteiger charge is -2.31. The molecule has 1 aliphatic heterocycles. The summed E-state index contributed by atoms with van der Waals surface area (Å²) in [5, 5.41) is 4.34. The number of rotatable bonds is 5. The van der Waals surface area contributed by atoms with Gasteiger partial charge in [-0.15, -0.1) is 0 Å². The first-order chi connectivity index (χ1) is 13.6. The van der Waals surface area contributed by atoms with Crippen LogP contribution in [0.4, 0.5) is 0 Å². The molecule has 2 aliphatic rings. The minimum absolute atomic E-state index is 0.0695. The second-order valence-corrected chi connectivity index (χ2v) is 7.70. The fourth-order valence-corrected chi connectivity index (χ4v) is 3.77. The standard InChI is InChI=1S/C20H22ClN3O4/c1-2-27-20(26)15-9-14(21)11-22-18(15)13-5-7-24(8-6-13)19(25)16-10-17(28-23-16)12-3-4-12/h9-13H,2-8H2,1H3. The van der Waals surface area contributed by atoms with Gasteiger partial charge in [0.2, 0.25) is 0 Å². The molecule has 0 atom stereocenters. The minimum atomic E-state index is -0.416. The number of halogens is 1. The third kappa shape index (κ3) is 3.90. The summed E-state index contributed by atoms with van der Waals surface area (Å²) in [5.41, 5.74) is 1.47. The van der Waals surface area contributed by atoms with Crippen LogP contribution in [-0.4, -0.2) is 46.6 Å². The topological polar surface area (TPSA) is 85.5 Å².